The Labute approximate surface area is 122 Å². The number of aromatic nitrogens is 3. The summed E-state index contributed by atoms with van der Waals surface area (Å²) in [6, 6.07) is 6.97. The lowest BCUT2D eigenvalue weighted by Gasteiger charge is -2.22. The van der Waals surface area contributed by atoms with Gasteiger partial charge in [-0.15, -0.1) is 5.10 Å². The van der Waals surface area contributed by atoms with Gasteiger partial charge in [0.15, 0.2) is 0 Å². The minimum atomic E-state index is -0.172. The molecule has 0 aliphatic heterocycles. The molecule has 0 radical (unpaired) electrons. The van der Waals surface area contributed by atoms with Crippen molar-refractivity contribution in [1.29, 1.82) is 0 Å². The van der Waals surface area contributed by atoms with Gasteiger partial charge in [-0.05, 0) is 18.1 Å². The average molecular weight is 293 g/mol. The SMILES string of the molecule is CC(C)C(Cn1ccnn1)NC(=O)c1ccccc1Cl. The molecule has 1 unspecified atom stereocenters. The summed E-state index contributed by atoms with van der Waals surface area (Å²) in [5, 5.41) is 11.1. The maximum absolute atomic E-state index is 12.3. The third kappa shape index (κ3) is 3.57. The molecule has 20 heavy (non-hydrogen) atoms. The zero-order chi connectivity index (χ0) is 14.5. The highest BCUT2D eigenvalue weighted by Gasteiger charge is 2.19. The van der Waals surface area contributed by atoms with Gasteiger partial charge in [0.05, 0.1) is 29.4 Å². The smallest absolute Gasteiger partial charge is 0.253 e. The molecule has 0 spiro atoms. The number of rotatable bonds is 5. The number of nitrogens with one attached hydrogen (secondary N) is 1. The van der Waals surface area contributed by atoms with Crippen LogP contribution in [0.25, 0.3) is 0 Å². The first-order chi connectivity index (χ1) is 9.58. The number of halogens is 1. The molecule has 0 saturated carbocycles. The second-order valence-electron chi connectivity index (χ2n) is 4.93. The Morgan fingerprint density at radius 2 is 2.15 bits per heavy atom. The van der Waals surface area contributed by atoms with Crippen molar-refractivity contribution in [2.45, 2.75) is 26.4 Å². The standard InChI is InChI=1S/C14H17ClN4O/c1-10(2)13(9-19-8-7-16-18-19)17-14(20)11-5-3-4-6-12(11)15/h3-8,10,13H,9H2,1-2H3,(H,17,20). The molecule has 1 amide bonds. The van der Waals surface area contributed by atoms with E-state index >= 15 is 0 Å². The molecular weight excluding hydrogens is 276 g/mol. The summed E-state index contributed by atoms with van der Waals surface area (Å²) in [5.41, 5.74) is 0.485. The quantitative estimate of drug-likeness (QED) is 0.920. The van der Waals surface area contributed by atoms with E-state index in [-0.39, 0.29) is 17.9 Å². The van der Waals surface area contributed by atoms with Crippen molar-refractivity contribution in [3.05, 3.63) is 47.2 Å². The maximum Gasteiger partial charge on any atom is 0.253 e. The van der Waals surface area contributed by atoms with Crippen LogP contribution in [0.4, 0.5) is 0 Å². The van der Waals surface area contributed by atoms with Gasteiger partial charge in [0.1, 0.15) is 0 Å². The number of hydrogen-bond acceptors (Lipinski definition) is 3. The van der Waals surface area contributed by atoms with Crippen molar-refractivity contribution in [2.75, 3.05) is 0 Å². The van der Waals surface area contributed by atoms with E-state index in [1.807, 2.05) is 0 Å². The molecule has 0 aliphatic carbocycles. The van der Waals surface area contributed by atoms with Crippen molar-refractivity contribution in [3.63, 3.8) is 0 Å². The third-order valence-corrected chi connectivity index (χ3v) is 3.42. The van der Waals surface area contributed by atoms with Crippen molar-refractivity contribution in [2.24, 2.45) is 5.92 Å². The van der Waals surface area contributed by atoms with E-state index < -0.39 is 0 Å². The summed E-state index contributed by atoms with van der Waals surface area (Å²) >= 11 is 6.04. The van der Waals surface area contributed by atoms with E-state index in [1.54, 1.807) is 41.3 Å². The zero-order valence-corrected chi connectivity index (χ0v) is 12.2. The topological polar surface area (TPSA) is 59.8 Å². The van der Waals surface area contributed by atoms with E-state index in [9.17, 15) is 4.79 Å². The molecule has 106 valence electrons. The number of carbonyl (C=O) groups is 1. The molecule has 2 aromatic rings. The normalized spacial score (nSPS) is 12.4. The summed E-state index contributed by atoms with van der Waals surface area (Å²) in [4.78, 5) is 12.3. The minimum Gasteiger partial charge on any atom is -0.347 e. The van der Waals surface area contributed by atoms with Crippen molar-refractivity contribution in [1.82, 2.24) is 20.3 Å². The van der Waals surface area contributed by atoms with Crippen molar-refractivity contribution >= 4 is 17.5 Å². The van der Waals surface area contributed by atoms with Crippen LogP contribution in [0, 0.1) is 5.92 Å². The lowest BCUT2D eigenvalue weighted by atomic mass is 10.0. The highest BCUT2D eigenvalue weighted by Crippen LogP contribution is 2.15. The Hall–Kier alpha value is -1.88. The molecular formula is C14H17ClN4O. The molecule has 1 atom stereocenters. The fraction of sp³-hybridized carbons (Fsp3) is 0.357. The molecule has 0 aliphatic rings. The predicted molar refractivity (Wildman–Crippen MR) is 77.6 cm³/mol. The van der Waals surface area contributed by atoms with Crippen LogP contribution < -0.4 is 5.32 Å². The maximum atomic E-state index is 12.3. The number of nitrogens with zero attached hydrogens (tertiary/aromatic N) is 3. The molecule has 0 saturated heterocycles. The van der Waals surface area contributed by atoms with Gasteiger partial charge in [-0.1, -0.05) is 42.8 Å². The lowest BCUT2D eigenvalue weighted by molar-refractivity contribution is 0.0919. The first-order valence-corrected chi connectivity index (χ1v) is 6.85. The van der Waals surface area contributed by atoms with Crippen LogP contribution in [-0.2, 0) is 6.54 Å². The predicted octanol–water partition coefficient (Wildman–Crippen LogP) is 2.39. The second-order valence-corrected chi connectivity index (χ2v) is 5.34. The minimum absolute atomic E-state index is 0.0412. The summed E-state index contributed by atoms with van der Waals surface area (Å²) < 4.78 is 1.71. The van der Waals surface area contributed by atoms with Gasteiger partial charge in [0, 0.05) is 6.20 Å². The van der Waals surface area contributed by atoms with Gasteiger partial charge in [0.25, 0.3) is 5.91 Å². The number of carbonyl (C=O) groups excluding carboxylic acids is 1. The largest absolute Gasteiger partial charge is 0.347 e. The van der Waals surface area contributed by atoms with Gasteiger partial charge in [-0.2, -0.15) is 0 Å². The van der Waals surface area contributed by atoms with Gasteiger partial charge < -0.3 is 5.32 Å². The highest BCUT2D eigenvalue weighted by molar-refractivity contribution is 6.33. The van der Waals surface area contributed by atoms with Gasteiger partial charge in [-0.25, -0.2) is 0 Å². The third-order valence-electron chi connectivity index (χ3n) is 3.10. The Morgan fingerprint density at radius 1 is 1.40 bits per heavy atom. The second kappa shape index (κ2) is 6.52. The molecule has 0 bridgehead atoms. The number of hydrogen-bond donors (Lipinski definition) is 1. The number of benzene rings is 1. The van der Waals surface area contributed by atoms with Crippen LogP contribution in [0.15, 0.2) is 36.7 Å². The summed E-state index contributed by atoms with van der Waals surface area (Å²) in [5.74, 6) is 0.0973. The molecule has 0 fully saturated rings. The first-order valence-electron chi connectivity index (χ1n) is 6.47. The summed E-state index contributed by atoms with van der Waals surface area (Å²) in [6.07, 6.45) is 3.39. The molecule has 6 heteroatoms. The monoisotopic (exact) mass is 292 g/mol. The molecule has 1 aromatic carbocycles. The summed E-state index contributed by atoms with van der Waals surface area (Å²) in [6.45, 7) is 4.68. The molecule has 1 aromatic heterocycles. The van der Waals surface area contributed by atoms with Crippen LogP contribution in [0.2, 0.25) is 5.02 Å². The average Bonchev–Trinajstić information content (AvgIpc) is 2.91. The van der Waals surface area contributed by atoms with Gasteiger partial charge in [-0.3, -0.25) is 9.48 Å². The van der Waals surface area contributed by atoms with Gasteiger partial charge in [0.2, 0.25) is 0 Å². The summed E-state index contributed by atoms with van der Waals surface area (Å²) in [7, 11) is 0. The van der Waals surface area contributed by atoms with E-state index in [2.05, 4.69) is 29.5 Å². The van der Waals surface area contributed by atoms with E-state index in [1.165, 1.54) is 0 Å². The highest BCUT2D eigenvalue weighted by atomic mass is 35.5. The fourth-order valence-corrected chi connectivity index (χ4v) is 2.07. The fourth-order valence-electron chi connectivity index (χ4n) is 1.85. The Balaban J connectivity index is 2.08. The van der Waals surface area contributed by atoms with E-state index in [0.717, 1.165) is 0 Å². The molecule has 1 heterocycles. The lowest BCUT2D eigenvalue weighted by Crippen LogP contribution is -2.41. The Morgan fingerprint density at radius 3 is 2.75 bits per heavy atom. The zero-order valence-electron chi connectivity index (χ0n) is 11.5. The van der Waals surface area contributed by atoms with Crippen molar-refractivity contribution in [3.8, 4) is 0 Å². The van der Waals surface area contributed by atoms with Crippen LogP contribution in [0.5, 0.6) is 0 Å². The van der Waals surface area contributed by atoms with E-state index in [4.69, 9.17) is 11.6 Å². The molecule has 5 nitrogen and oxygen atoms in total. The Bertz CT molecular complexity index is 568. The first kappa shape index (κ1) is 14.5. The number of amides is 1. The van der Waals surface area contributed by atoms with E-state index in [0.29, 0.717) is 17.1 Å². The van der Waals surface area contributed by atoms with Crippen molar-refractivity contribution < 1.29 is 4.79 Å². The molecule has 1 N–H and O–H groups in total. The Kier molecular flexibility index (Phi) is 4.74. The van der Waals surface area contributed by atoms with Crippen LogP contribution >= 0.6 is 11.6 Å². The van der Waals surface area contributed by atoms with Crippen LogP contribution in [0.3, 0.4) is 0 Å². The molecule has 2 rings (SSSR count). The van der Waals surface area contributed by atoms with Crippen LogP contribution in [-0.4, -0.2) is 26.9 Å². The van der Waals surface area contributed by atoms with Gasteiger partial charge >= 0.3 is 0 Å². The van der Waals surface area contributed by atoms with Crippen LogP contribution in [0.1, 0.15) is 24.2 Å².